The van der Waals surface area contributed by atoms with Crippen LogP contribution in [0.15, 0.2) is 54.9 Å². The van der Waals surface area contributed by atoms with E-state index in [1.807, 2.05) is 0 Å². The summed E-state index contributed by atoms with van der Waals surface area (Å²) in [6.45, 7) is 0.878. The SMILES string of the molecule is Cl.NCCCNC(=O)c1cc(-c2ccnc(Nc3cccc(OC(F)(F)C(F)F)c3)n2)ccn1. The minimum absolute atomic E-state index is 0. The molecule has 2 aromatic heterocycles. The second kappa shape index (κ2) is 12.1. The summed E-state index contributed by atoms with van der Waals surface area (Å²) in [4.78, 5) is 24.7. The van der Waals surface area contributed by atoms with Gasteiger partial charge in [0.1, 0.15) is 11.4 Å². The van der Waals surface area contributed by atoms with Crippen LogP contribution in [-0.4, -0.2) is 46.5 Å². The number of benzene rings is 1. The van der Waals surface area contributed by atoms with Crippen molar-refractivity contribution in [1.29, 1.82) is 0 Å². The molecule has 1 amide bonds. The number of nitrogens with two attached hydrogens (primary N) is 1. The zero-order valence-electron chi connectivity index (χ0n) is 17.6. The Morgan fingerprint density at radius 3 is 2.62 bits per heavy atom. The molecule has 3 aromatic rings. The number of nitrogens with one attached hydrogen (secondary N) is 2. The lowest BCUT2D eigenvalue weighted by Crippen LogP contribution is -2.33. The third-order valence-corrected chi connectivity index (χ3v) is 4.21. The maximum absolute atomic E-state index is 13.2. The number of ether oxygens (including phenoxy) is 1. The number of nitrogens with zero attached hydrogens (tertiary/aromatic N) is 3. The van der Waals surface area contributed by atoms with Crippen LogP contribution >= 0.6 is 12.4 Å². The number of halogens is 5. The number of hydrogen-bond acceptors (Lipinski definition) is 7. The lowest BCUT2D eigenvalue weighted by Gasteiger charge is -2.17. The summed E-state index contributed by atoms with van der Waals surface area (Å²) in [6.07, 6.45) is -5.03. The van der Waals surface area contributed by atoms with E-state index in [9.17, 15) is 22.4 Å². The fourth-order valence-corrected chi connectivity index (χ4v) is 2.66. The highest BCUT2D eigenvalue weighted by Crippen LogP contribution is 2.29. The zero-order valence-corrected chi connectivity index (χ0v) is 18.4. The van der Waals surface area contributed by atoms with Gasteiger partial charge in [0, 0.05) is 36.3 Å². The molecule has 1 aromatic carbocycles. The summed E-state index contributed by atoms with van der Waals surface area (Å²) in [6, 6.07) is 9.91. The molecule has 0 spiro atoms. The molecule has 0 saturated carbocycles. The van der Waals surface area contributed by atoms with Gasteiger partial charge in [0.15, 0.2) is 0 Å². The molecule has 0 aliphatic rings. The molecule has 0 bridgehead atoms. The van der Waals surface area contributed by atoms with Gasteiger partial charge in [-0.2, -0.15) is 17.6 Å². The van der Waals surface area contributed by atoms with Crippen molar-refractivity contribution in [2.24, 2.45) is 5.73 Å². The van der Waals surface area contributed by atoms with Gasteiger partial charge in [-0.1, -0.05) is 6.07 Å². The number of amides is 1. The molecule has 13 heteroatoms. The first-order valence-electron chi connectivity index (χ1n) is 9.78. The van der Waals surface area contributed by atoms with Gasteiger partial charge in [0.05, 0.1) is 5.69 Å². The van der Waals surface area contributed by atoms with Gasteiger partial charge < -0.3 is 21.1 Å². The number of hydrogen-bond donors (Lipinski definition) is 3. The number of alkyl halides is 4. The molecule has 0 saturated heterocycles. The summed E-state index contributed by atoms with van der Waals surface area (Å²) in [5.74, 6) is -0.702. The Morgan fingerprint density at radius 2 is 1.88 bits per heavy atom. The van der Waals surface area contributed by atoms with Crippen molar-refractivity contribution in [3.63, 3.8) is 0 Å². The van der Waals surface area contributed by atoms with Gasteiger partial charge in [-0.15, -0.1) is 12.4 Å². The Labute approximate surface area is 198 Å². The van der Waals surface area contributed by atoms with Crippen molar-refractivity contribution in [2.75, 3.05) is 18.4 Å². The van der Waals surface area contributed by atoms with Crippen molar-refractivity contribution >= 4 is 29.9 Å². The molecular weight excluding hydrogens is 480 g/mol. The third-order valence-electron chi connectivity index (χ3n) is 4.21. The summed E-state index contributed by atoms with van der Waals surface area (Å²) in [7, 11) is 0. The minimum atomic E-state index is -4.62. The molecule has 8 nitrogen and oxygen atoms in total. The Hall–Kier alpha value is -3.51. The first kappa shape index (κ1) is 26.7. The van der Waals surface area contributed by atoms with Crippen molar-refractivity contribution in [3.8, 4) is 17.0 Å². The Morgan fingerprint density at radius 1 is 1.12 bits per heavy atom. The van der Waals surface area contributed by atoms with E-state index in [1.165, 1.54) is 24.5 Å². The lowest BCUT2D eigenvalue weighted by molar-refractivity contribution is -0.253. The van der Waals surface area contributed by atoms with Crippen LogP contribution in [0.1, 0.15) is 16.9 Å². The van der Waals surface area contributed by atoms with E-state index in [1.54, 1.807) is 18.2 Å². The highest BCUT2D eigenvalue weighted by molar-refractivity contribution is 5.93. The predicted molar refractivity (Wildman–Crippen MR) is 120 cm³/mol. The molecule has 0 aliphatic carbocycles. The van der Waals surface area contributed by atoms with E-state index >= 15 is 0 Å². The fourth-order valence-electron chi connectivity index (χ4n) is 2.66. The van der Waals surface area contributed by atoms with Crippen LogP contribution in [0.5, 0.6) is 5.75 Å². The summed E-state index contributed by atoms with van der Waals surface area (Å²) >= 11 is 0. The molecule has 3 rings (SSSR count). The molecule has 34 heavy (non-hydrogen) atoms. The Bertz CT molecular complexity index is 1110. The van der Waals surface area contributed by atoms with Crippen molar-refractivity contribution in [2.45, 2.75) is 19.0 Å². The van der Waals surface area contributed by atoms with E-state index < -0.39 is 18.3 Å². The average molecular weight is 501 g/mol. The molecular formula is C21H21ClF4N6O2. The highest BCUT2D eigenvalue weighted by atomic mass is 35.5. The summed E-state index contributed by atoms with van der Waals surface area (Å²) in [5.41, 5.74) is 6.90. The largest absolute Gasteiger partial charge is 0.461 e. The average Bonchev–Trinajstić information content (AvgIpc) is 2.79. The number of carbonyl (C=O) groups is 1. The molecule has 2 heterocycles. The zero-order chi connectivity index (χ0) is 23.8. The molecule has 0 aliphatic heterocycles. The van der Waals surface area contributed by atoms with E-state index in [0.717, 1.165) is 12.1 Å². The minimum Gasteiger partial charge on any atom is -0.428 e. The van der Waals surface area contributed by atoms with E-state index in [4.69, 9.17) is 5.73 Å². The topological polar surface area (TPSA) is 115 Å². The van der Waals surface area contributed by atoms with Crippen molar-refractivity contribution in [1.82, 2.24) is 20.3 Å². The van der Waals surface area contributed by atoms with Crippen LogP contribution in [0.4, 0.5) is 29.2 Å². The monoisotopic (exact) mass is 500 g/mol. The second-order valence-corrected chi connectivity index (χ2v) is 6.71. The van der Waals surface area contributed by atoms with Crippen LogP contribution in [0.25, 0.3) is 11.3 Å². The summed E-state index contributed by atoms with van der Waals surface area (Å²) in [5, 5.41) is 5.51. The predicted octanol–water partition coefficient (Wildman–Crippen LogP) is 4.02. The van der Waals surface area contributed by atoms with Crippen LogP contribution in [0.3, 0.4) is 0 Å². The van der Waals surface area contributed by atoms with Crippen molar-refractivity contribution < 1.29 is 27.1 Å². The van der Waals surface area contributed by atoms with Crippen LogP contribution < -0.4 is 21.1 Å². The number of aromatic nitrogens is 3. The Balaban J connectivity index is 0.00000408. The van der Waals surface area contributed by atoms with E-state index in [0.29, 0.717) is 30.8 Å². The normalized spacial score (nSPS) is 11.0. The van der Waals surface area contributed by atoms with Crippen LogP contribution in [0, 0.1) is 0 Å². The van der Waals surface area contributed by atoms with Crippen LogP contribution in [0.2, 0.25) is 0 Å². The molecule has 0 radical (unpaired) electrons. The molecule has 182 valence electrons. The van der Waals surface area contributed by atoms with E-state index in [-0.39, 0.29) is 35.6 Å². The third kappa shape index (κ3) is 7.25. The van der Waals surface area contributed by atoms with Crippen LogP contribution in [-0.2, 0) is 0 Å². The van der Waals surface area contributed by atoms with Gasteiger partial charge in [0.2, 0.25) is 5.95 Å². The van der Waals surface area contributed by atoms with Gasteiger partial charge in [0.25, 0.3) is 5.91 Å². The summed E-state index contributed by atoms with van der Waals surface area (Å²) < 4.78 is 55.1. The maximum atomic E-state index is 13.2. The number of carbonyl (C=O) groups excluding carboxylic acids is 1. The standard InChI is InChI=1S/C21H20F4N6O2.ClH/c22-19(23)21(24,25)33-15-4-1-3-14(12-15)30-20-29-10-6-16(31-20)13-5-9-27-17(11-13)18(32)28-8-2-7-26;/h1,3-6,9-12,19H,2,7-8,26H2,(H,28,32)(H,29,30,31);1H. The van der Waals surface area contributed by atoms with Gasteiger partial charge in [-0.05, 0) is 43.3 Å². The first-order valence-corrected chi connectivity index (χ1v) is 9.78. The quantitative estimate of drug-likeness (QED) is 0.284. The first-order chi connectivity index (χ1) is 15.8. The van der Waals surface area contributed by atoms with Crippen molar-refractivity contribution in [3.05, 3.63) is 60.6 Å². The smallest absolute Gasteiger partial charge is 0.428 e. The maximum Gasteiger partial charge on any atom is 0.461 e. The number of pyridine rings is 1. The van der Waals surface area contributed by atoms with Gasteiger partial charge in [-0.3, -0.25) is 9.78 Å². The number of anilines is 2. The molecule has 0 atom stereocenters. The van der Waals surface area contributed by atoms with Gasteiger partial charge in [-0.25, -0.2) is 9.97 Å². The highest BCUT2D eigenvalue weighted by Gasteiger charge is 2.44. The lowest BCUT2D eigenvalue weighted by atomic mass is 10.1. The fraction of sp³-hybridized carbons (Fsp3) is 0.238. The second-order valence-electron chi connectivity index (χ2n) is 6.71. The van der Waals surface area contributed by atoms with E-state index in [2.05, 4.69) is 30.3 Å². The number of rotatable bonds is 10. The molecule has 0 fully saturated rings. The molecule has 4 N–H and O–H groups in total. The molecule has 0 unspecified atom stereocenters. The Kier molecular flexibility index (Phi) is 9.51. The van der Waals surface area contributed by atoms with Gasteiger partial charge >= 0.3 is 12.5 Å².